The van der Waals surface area contributed by atoms with E-state index in [0.29, 0.717) is 11.7 Å². The van der Waals surface area contributed by atoms with Crippen molar-refractivity contribution >= 4 is 16.8 Å². The molecule has 2 fully saturated rings. The zero-order valence-electron chi connectivity index (χ0n) is 15.0. The molecule has 134 valence electrons. The van der Waals surface area contributed by atoms with Gasteiger partial charge in [-0.2, -0.15) is 5.10 Å². The van der Waals surface area contributed by atoms with Crippen LogP contribution in [0.4, 0.5) is 0 Å². The third-order valence-electron chi connectivity index (χ3n) is 6.05. The number of fused-ring (bicyclic) bond motifs is 1. The SMILES string of the molecule is CC1CCN(C2CCC(NC(=O)c3n[nH]c4ccccc34)CC2)CC1. The Morgan fingerprint density at radius 1 is 1.12 bits per heavy atom. The van der Waals surface area contributed by atoms with Crippen LogP contribution in [-0.4, -0.2) is 46.2 Å². The Balaban J connectivity index is 1.32. The molecule has 5 nitrogen and oxygen atoms in total. The normalized spacial score (nSPS) is 26.0. The molecule has 4 rings (SSSR count). The number of aromatic amines is 1. The van der Waals surface area contributed by atoms with Crippen LogP contribution in [0.1, 0.15) is 55.9 Å². The van der Waals surface area contributed by atoms with Gasteiger partial charge in [0.15, 0.2) is 5.69 Å². The Morgan fingerprint density at radius 2 is 1.84 bits per heavy atom. The van der Waals surface area contributed by atoms with Gasteiger partial charge in [-0.25, -0.2) is 0 Å². The number of hydrogen-bond acceptors (Lipinski definition) is 3. The van der Waals surface area contributed by atoms with Crippen molar-refractivity contribution in [3.05, 3.63) is 30.0 Å². The van der Waals surface area contributed by atoms with E-state index < -0.39 is 0 Å². The summed E-state index contributed by atoms with van der Waals surface area (Å²) in [7, 11) is 0. The van der Waals surface area contributed by atoms with E-state index in [9.17, 15) is 4.79 Å². The number of piperidine rings is 1. The van der Waals surface area contributed by atoms with Crippen LogP contribution in [-0.2, 0) is 0 Å². The number of likely N-dealkylation sites (tertiary alicyclic amines) is 1. The lowest BCUT2D eigenvalue weighted by Crippen LogP contribution is -2.46. The highest BCUT2D eigenvalue weighted by Crippen LogP contribution is 2.27. The van der Waals surface area contributed by atoms with Gasteiger partial charge in [-0.15, -0.1) is 0 Å². The highest BCUT2D eigenvalue weighted by Gasteiger charge is 2.29. The molecular weight excluding hydrogens is 312 g/mol. The van der Waals surface area contributed by atoms with Crippen molar-refractivity contribution in [1.29, 1.82) is 0 Å². The fraction of sp³-hybridized carbons (Fsp3) is 0.600. The van der Waals surface area contributed by atoms with Gasteiger partial charge in [0, 0.05) is 17.5 Å². The first-order chi connectivity index (χ1) is 12.2. The number of para-hydroxylation sites is 1. The zero-order valence-corrected chi connectivity index (χ0v) is 15.0. The van der Waals surface area contributed by atoms with Gasteiger partial charge in [-0.1, -0.05) is 25.1 Å². The molecule has 2 aliphatic rings. The van der Waals surface area contributed by atoms with Gasteiger partial charge in [0.2, 0.25) is 0 Å². The predicted octanol–water partition coefficient (Wildman–Crippen LogP) is 3.34. The number of carbonyl (C=O) groups is 1. The van der Waals surface area contributed by atoms with Crippen molar-refractivity contribution in [1.82, 2.24) is 20.4 Å². The topological polar surface area (TPSA) is 61.0 Å². The Bertz CT molecular complexity index is 724. The van der Waals surface area contributed by atoms with Gasteiger partial charge >= 0.3 is 0 Å². The number of hydrogen-bond donors (Lipinski definition) is 2. The van der Waals surface area contributed by atoms with E-state index in [1.807, 2.05) is 24.3 Å². The van der Waals surface area contributed by atoms with Crippen molar-refractivity contribution < 1.29 is 4.79 Å². The van der Waals surface area contributed by atoms with Gasteiger partial charge in [0.1, 0.15) is 0 Å². The third kappa shape index (κ3) is 3.56. The average molecular weight is 340 g/mol. The first-order valence-electron chi connectivity index (χ1n) is 9.68. The number of benzene rings is 1. The van der Waals surface area contributed by atoms with Crippen LogP contribution in [0, 0.1) is 5.92 Å². The maximum absolute atomic E-state index is 12.6. The van der Waals surface area contributed by atoms with Crippen LogP contribution in [0.15, 0.2) is 24.3 Å². The standard InChI is InChI=1S/C20H28N4O/c1-14-10-12-24(13-11-14)16-8-6-15(7-9-16)21-20(25)19-17-4-2-3-5-18(17)22-23-19/h2-5,14-16H,6-13H2,1H3,(H,21,25)(H,22,23). The number of carbonyl (C=O) groups excluding carboxylic acids is 1. The molecule has 1 saturated carbocycles. The number of H-pyrrole nitrogens is 1. The van der Waals surface area contributed by atoms with Gasteiger partial charge in [-0.3, -0.25) is 9.89 Å². The van der Waals surface area contributed by atoms with E-state index in [0.717, 1.165) is 29.7 Å². The van der Waals surface area contributed by atoms with Gasteiger partial charge in [0.25, 0.3) is 5.91 Å². The van der Waals surface area contributed by atoms with Gasteiger partial charge in [0.05, 0.1) is 5.52 Å². The Morgan fingerprint density at radius 3 is 2.60 bits per heavy atom. The molecule has 1 aliphatic heterocycles. The van der Waals surface area contributed by atoms with Crippen LogP contribution in [0.5, 0.6) is 0 Å². The van der Waals surface area contributed by atoms with Crippen LogP contribution in [0.2, 0.25) is 0 Å². The summed E-state index contributed by atoms with van der Waals surface area (Å²) < 4.78 is 0. The quantitative estimate of drug-likeness (QED) is 0.901. The molecule has 25 heavy (non-hydrogen) atoms. The van der Waals surface area contributed by atoms with E-state index in [1.165, 1.54) is 38.8 Å². The van der Waals surface area contributed by atoms with E-state index in [4.69, 9.17) is 0 Å². The minimum atomic E-state index is -0.0484. The minimum absolute atomic E-state index is 0.0484. The summed E-state index contributed by atoms with van der Waals surface area (Å²) in [5.74, 6) is 0.836. The van der Waals surface area contributed by atoms with E-state index >= 15 is 0 Å². The van der Waals surface area contributed by atoms with Crippen molar-refractivity contribution in [3.8, 4) is 0 Å². The molecule has 2 heterocycles. The van der Waals surface area contributed by atoms with Crippen molar-refractivity contribution in [2.45, 2.75) is 57.5 Å². The second kappa shape index (κ2) is 7.16. The molecule has 1 amide bonds. The molecule has 0 radical (unpaired) electrons. The molecule has 0 bridgehead atoms. The molecule has 1 saturated heterocycles. The van der Waals surface area contributed by atoms with Crippen molar-refractivity contribution in [2.24, 2.45) is 5.92 Å². The van der Waals surface area contributed by atoms with Crippen molar-refractivity contribution in [2.75, 3.05) is 13.1 Å². The molecule has 1 aromatic carbocycles. The van der Waals surface area contributed by atoms with Crippen LogP contribution in [0.3, 0.4) is 0 Å². The third-order valence-corrected chi connectivity index (χ3v) is 6.05. The Labute approximate surface area is 149 Å². The number of rotatable bonds is 3. The van der Waals surface area contributed by atoms with Gasteiger partial charge < -0.3 is 10.2 Å². The molecule has 1 aromatic heterocycles. The molecule has 1 aliphatic carbocycles. The number of aromatic nitrogens is 2. The van der Waals surface area contributed by atoms with Crippen LogP contribution in [0.25, 0.3) is 10.9 Å². The summed E-state index contributed by atoms with van der Waals surface area (Å²) >= 11 is 0. The number of nitrogens with zero attached hydrogens (tertiary/aromatic N) is 2. The fourth-order valence-electron chi connectivity index (χ4n) is 4.37. The minimum Gasteiger partial charge on any atom is -0.348 e. The zero-order chi connectivity index (χ0) is 17.2. The van der Waals surface area contributed by atoms with Gasteiger partial charge in [-0.05, 0) is 63.6 Å². The number of nitrogens with one attached hydrogen (secondary N) is 2. The van der Waals surface area contributed by atoms with Crippen LogP contribution < -0.4 is 5.32 Å². The molecule has 0 unspecified atom stereocenters. The molecule has 0 spiro atoms. The maximum Gasteiger partial charge on any atom is 0.272 e. The van der Waals surface area contributed by atoms with Crippen molar-refractivity contribution in [3.63, 3.8) is 0 Å². The second-order valence-corrected chi connectivity index (χ2v) is 7.82. The largest absolute Gasteiger partial charge is 0.348 e. The summed E-state index contributed by atoms with van der Waals surface area (Å²) in [5, 5.41) is 11.3. The Kier molecular flexibility index (Phi) is 4.75. The summed E-state index contributed by atoms with van der Waals surface area (Å²) in [6.07, 6.45) is 7.21. The number of amides is 1. The molecule has 2 N–H and O–H groups in total. The summed E-state index contributed by atoms with van der Waals surface area (Å²) in [6.45, 7) is 4.87. The van der Waals surface area contributed by atoms with E-state index in [-0.39, 0.29) is 11.9 Å². The highest BCUT2D eigenvalue weighted by molar-refractivity contribution is 6.04. The second-order valence-electron chi connectivity index (χ2n) is 7.82. The fourth-order valence-corrected chi connectivity index (χ4v) is 4.37. The predicted molar refractivity (Wildman–Crippen MR) is 99.6 cm³/mol. The highest BCUT2D eigenvalue weighted by atomic mass is 16.2. The Hall–Kier alpha value is -1.88. The van der Waals surface area contributed by atoms with Crippen LogP contribution >= 0.6 is 0 Å². The summed E-state index contributed by atoms with van der Waals surface area (Å²) in [6, 6.07) is 8.78. The lowest BCUT2D eigenvalue weighted by Gasteiger charge is -2.40. The first kappa shape index (κ1) is 16.6. The lowest BCUT2D eigenvalue weighted by molar-refractivity contribution is 0.0858. The molecular formula is C20H28N4O. The molecule has 0 atom stereocenters. The summed E-state index contributed by atoms with van der Waals surface area (Å²) in [4.78, 5) is 15.3. The molecule has 2 aromatic rings. The smallest absolute Gasteiger partial charge is 0.272 e. The average Bonchev–Trinajstić information content (AvgIpc) is 3.07. The summed E-state index contributed by atoms with van der Waals surface area (Å²) in [5.41, 5.74) is 1.43. The van der Waals surface area contributed by atoms with E-state index in [2.05, 4.69) is 27.3 Å². The van der Waals surface area contributed by atoms with E-state index in [1.54, 1.807) is 0 Å². The molecule has 5 heteroatoms. The first-order valence-corrected chi connectivity index (χ1v) is 9.68. The monoisotopic (exact) mass is 340 g/mol. The lowest BCUT2D eigenvalue weighted by atomic mass is 9.88. The maximum atomic E-state index is 12.6.